The summed E-state index contributed by atoms with van der Waals surface area (Å²) >= 11 is 0. The molecule has 0 bridgehead atoms. The Morgan fingerprint density at radius 1 is 0.250 bits per heavy atom. The standard InChI is InChI=1S/C28H32N8/c1-5-13-21(14-6-1)25-29-31-26(22-15-7-2-8-16-22)33-35-28(24-19-11-4-12-20-24)36-34-27(32-30-25)23-17-9-3-10-18-23/h1-20,25-36H. The molecule has 0 aromatic heterocycles. The number of hydrazine groups is 4. The molecule has 0 atom stereocenters. The third kappa shape index (κ3) is 6.41. The van der Waals surface area contributed by atoms with Crippen molar-refractivity contribution in [3.05, 3.63) is 144 Å². The van der Waals surface area contributed by atoms with Crippen LogP contribution in [0.3, 0.4) is 0 Å². The van der Waals surface area contributed by atoms with E-state index in [1.165, 1.54) is 0 Å². The lowest BCUT2D eigenvalue weighted by atomic mass is 10.1. The van der Waals surface area contributed by atoms with Gasteiger partial charge in [0.1, 0.15) is 24.7 Å². The third-order valence-corrected chi connectivity index (χ3v) is 6.02. The van der Waals surface area contributed by atoms with E-state index in [-0.39, 0.29) is 24.7 Å². The predicted octanol–water partition coefficient (Wildman–Crippen LogP) is 3.17. The normalized spacial score (nSPS) is 23.8. The summed E-state index contributed by atoms with van der Waals surface area (Å²) in [4.78, 5) is 0. The zero-order valence-electron chi connectivity index (χ0n) is 19.9. The Hall–Kier alpha value is -3.44. The molecule has 0 radical (unpaired) electrons. The summed E-state index contributed by atoms with van der Waals surface area (Å²) in [5.41, 5.74) is 32.0. The largest absolute Gasteiger partial charge is 0.234 e. The summed E-state index contributed by atoms with van der Waals surface area (Å²) in [7, 11) is 0. The molecule has 1 fully saturated rings. The lowest BCUT2D eigenvalue weighted by Crippen LogP contribution is -2.59. The first-order chi connectivity index (χ1) is 17.9. The highest BCUT2D eigenvalue weighted by Gasteiger charge is 2.21. The van der Waals surface area contributed by atoms with E-state index in [1.807, 2.05) is 72.8 Å². The van der Waals surface area contributed by atoms with E-state index in [1.54, 1.807) is 0 Å². The maximum atomic E-state index is 3.45. The van der Waals surface area contributed by atoms with Gasteiger partial charge in [-0.15, -0.1) is 0 Å². The van der Waals surface area contributed by atoms with Crippen LogP contribution in [0.1, 0.15) is 46.9 Å². The quantitative estimate of drug-likeness (QED) is 0.226. The summed E-state index contributed by atoms with van der Waals surface area (Å²) in [5, 5.41) is 0. The van der Waals surface area contributed by atoms with Crippen LogP contribution < -0.4 is 43.4 Å². The summed E-state index contributed by atoms with van der Waals surface area (Å²) < 4.78 is 0. The lowest BCUT2D eigenvalue weighted by molar-refractivity contribution is 0.194. The van der Waals surface area contributed by atoms with Crippen molar-refractivity contribution >= 4 is 0 Å². The smallest absolute Gasteiger partial charge is 0.109 e. The zero-order chi connectivity index (χ0) is 24.4. The molecular weight excluding hydrogens is 448 g/mol. The minimum atomic E-state index is -0.225. The summed E-state index contributed by atoms with van der Waals surface area (Å²) in [5.74, 6) is 0. The van der Waals surface area contributed by atoms with Gasteiger partial charge in [0.25, 0.3) is 0 Å². The summed E-state index contributed by atoms with van der Waals surface area (Å²) in [6.45, 7) is 0. The predicted molar refractivity (Wildman–Crippen MR) is 142 cm³/mol. The Bertz CT molecular complexity index is 955. The fraction of sp³-hybridized carbons (Fsp3) is 0.143. The molecule has 0 spiro atoms. The molecule has 0 aliphatic carbocycles. The Morgan fingerprint density at radius 2 is 0.417 bits per heavy atom. The van der Waals surface area contributed by atoms with Gasteiger partial charge in [-0.05, 0) is 22.3 Å². The second kappa shape index (κ2) is 12.5. The van der Waals surface area contributed by atoms with Crippen LogP contribution >= 0.6 is 0 Å². The maximum absolute atomic E-state index is 3.45. The molecule has 1 heterocycles. The van der Waals surface area contributed by atoms with Crippen LogP contribution in [-0.4, -0.2) is 0 Å². The van der Waals surface area contributed by atoms with E-state index < -0.39 is 0 Å². The minimum absolute atomic E-state index is 0.225. The molecule has 0 saturated carbocycles. The average Bonchev–Trinajstić information content (AvgIpc) is 2.95. The molecule has 8 heteroatoms. The fourth-order valence-corrected chi connectivity index (χ4v) is 4.06. The molecular formula is C28H32N8. The van der Waals surface area contributed by atoms with Crippen LogP contribution in [0.25, 0.3) is 0 Å². The van der Waals surface area contributed by atoms with Crippen LogP contribution in [0.5, 0.6) is 0 Å². The topological polar surface area (TPSA) is 96.2 Å². The molecule has 1 saturated heterocycles. The van der Waals surface area contributed by atoms with Crippen molar-refractivity contribution in [3.8, 4) is 0 Å². The molecule has 5 rings (SSSR count). The second-order valence-electron chi connectivity index (χ2n) is 8.53. The first-order valence-electron chi connectivity index (χ1n) is 12.1. The Balaban J connectivity index is 1.44. The number of hydrogen-bond donors (Lipinski definition) is 8. The number of benzene rings is 4. The highest BCUT2D eigenvalue weighted by molar-refractivity contribution is 5.22. The molecule has 184 valence electrons. The maximum Gasteiger partial charge on any atom is 0.109 e. The van der Waals surface area contributed by atoms with Crippen molar-refractivity contribution in [2.45, 2.75) is 24.7 Å². The Labute approximate surface area is 211 Å². The van der Waals surface area contributed by atoms with E-state index in [4.69, 9.17) is 0 Å². The van der Waals surface area contributed by atoms with Gasteiger partial charge in [-0.3, -0.25) is 0 Å². The molecule has 0 unspecified atom stereocenters. The van der Waals surface area contributed by atoms with Crippen LogP contribution in [0, 0.1) is 0 Å². The van der Waals surface area contributed by atoms with Crippen LogP contribution in [0.2, 0.25) is 0 Å². The monoisotopic (exact) mass is 480 g/mol. The molecule has 8 nitrogen and oxygen atoms in total. The van der Waals surface area contributed by atoms with Crippen molar-refractivity contribution in [2.24, 2.45) is 0 Å². The average molecular weight is 481 g/mol. The minimum Gasteiger partial charge on any atom is -0.234 e. The van der Waals surface area contributed by atoms with E-state index in [2.05, 4.69) is 91.9 Å². The van der Waals surface area contributed by atoms with Gasteiger partial charge in [0.05, 0.1) is 0 Å². The van der Waals surface area contributed by atoms with Crippen molar-refractivity contribution in [1.82, 2.24) is 43.4 Å². The second-order valence-corrected chi connectivity index (χ2v) is 8.53. The van der Waals surface area contributed by atoms with Gasteiger partial charge in [0, 0.05) is 0 Å². The van der Waals surface area contributed by atoms with Crippen molar-refractivity contribution in [3.63, 3.8) is 0 Å². The molecule has 4 aromatic carbocycles. The number of rotatable bonds is 4. The lowest BCUT2D eigenvalue weighted by Gasteiger charge is -2.33. The fourth-order valence-electron chi connectivity index (χ4n) is 4.06. The molecule has 1 aliphatic rings. The van der Waals surface area contributed by atoms with Crippen molar-refractivity contribution in [2.75, 3.05) is 0 Å². The van der Waals surface area contributed by atoms with Gasteiger partial charge in [-0.2, -0.15) is 0 Å². The first kappa shape index (κ1) is 24.3. The van der Waals surface area contributed by atoms with Gasteiger partial charge in [0.15, 0.2) is 0 Å². The van der Waals surface area contributed by atoms with Gasteiger partial charge in [-0.25, -0.2) is 43.4 Å². The van der Waals surface area contributed by atoms with E-state index in [0.29, 0.717) is 0 Å². The third-order valence-electron chi connectivity index (χ3n) is 6.02. The summed E-state index contributed by atoms with van der Waals surface area (Å²) in [6.07, 6.45) is -0.902. The molecule has 8 N–H and O–H groups in total. The van der Waals surface area contributed by atoms with Gasteiger partial charge in [-0.1, -0.05) is 121 Å². The highest BCUT2D eigenvalue weighted by Crippen LogP contribution is 2.16. The number of nitrogens with one attached hydrogen (secondary N) is 8. The van der Waals surface area contributed by atoms with Crippen molar-refractivity contribution < 1.29 is 0 Å². The summed E-state index contributed by atoms with van der Waals surface area (Å²) in [6, 6.07) is 40.9. The molecule has 4 aromatic rings. The Kier molecular flexibility index (Phi) is 8.42. The first-order valence-corrected chi connectivity index (χ1v) is 12.1. The molecule has 1 aliphatic heterocycles. The van der Waals surface area contributed by atoms with E-state index in [9.17, 15) is 0 Å². The van der Waals surface area contributed by atoms with Crippen LogP contribution in [-0.2, 0) is 0 Å². The van der Waals surface area contributed by atoms with Crippen molar-refractivity contribution in [1.29, 1.82) is 0 Å². The molecule has 0 amide bonds. The van der Waals surface area contributed by atoms with Crippen LogP contribution in [0.15, 0.2) is 121 Å². The van der Waals surface area contributed by atoms with Crippen LogP contribution in [0.4, 0.5) is 0 Å². The van der Waals surface area contributed by atoms with Gasteiger partial charge >= 0.3 is 0 Å². The zero-order valence-corrected chi connectivity index (χ0v) is 19.9. The Morgan fingerprint density at radius 3 is 0.583 bits per heavy atom. The van der Waals surface area contributed by atoms with E-state index >= 15 is 0 Å². The highest BCUT2D eigenvalue weighted by atomic mass is 15.6. The van der Waals surface area contributed by atoms with E-state index in [0.717, 1.165) is 22.3 Å². The number of hydrogen-bond acceptors (Lipinski definition) is 8. The SMILES string of the molecule is c1ccc(C2NNC(c3ccccc3)NNC(c3ccccc3)NNC(c3ccccc3)NN2)cc1. The van der Waals surface area contributed by atoms with Gasteiger partial charge in [0.2, 0.25) is 0 Å². The van der Waals surface area contributed by atoms with Gasteiger partial charge < -0.3 is 0 Å². The molecule has 36 heavy (non-hydrogen) atoms.